The van der Waals surface area contributed by atoms with Gasteiger partial charge in [-0.1, -0.05) is 93.6 Å². The van der Waals surface area contributed by atoms with Crippen molar-refractivity contribution in [2.24, 2.45) is 11.8 Å². The summed E-state index contributed by atoms with van der Waals surface area (Å²) in [6.07, 6.45) is 3.83. The summed E-state index contributed by atoms with van der Waals surface area (Å²) in [5.74, 6) is 3.89. The molecule has 0 saturated carbocycles. The number of hydrogen-bond donors (Lipinski definition) is 2. The lowest BCUT2D eigenvalue weighted by molar-refractivity contribution is 0.469. The molecule has 0 unspecified atom stereocenters. The largest absolute Gasteiger partial charge is 0.438 e. The summed E-state index contributed by atoms with van der Waals surface area (Å²) < 4.78 is 7.97. The van der Waals surface area contributed by atoms with Gasteiger partial charge in [-0.25, -0.2) is 9.67 Å². The van der Waals surface area contributed by atoms with Crippen molar-refractivity contribution in [2.45, 2.75) is 47.1 Å². The van der Waals surface area contributed by atoms with E-state index in [0.717, 1.165) is 48.5 Å². The molecule has 0 atom stereocenters. The lowest BCUT2D eigenvalue weighted by Gasteiger charge is -2.11. The Labute approximate surface area is 240 Å². The molecule has 3 heterocycles. The van der Waals surface area contributed by atoms with Gasteiger partial charge in [-0.15, -0.1) is 5.10 Å². The minimum atomic E-state index is 0.309. The van der Waals surface area contributed by atoms with Crippen LogP contribution in [0.25, 0.3) is 34.1 Å². The zero-order valence-electron chi connectivity index (χ0n) is 24.1. The van der Waals surface area contributed by atoms with Gasteiger partial charge in [0.1, 0.15) is 12.2 Å². The van der Waals surface area contributed by atoms with Crippen LogP contribution in [0.15, 0.2) is 71.3 Å². The first kappa shape index (κ1) is 27.9. The normalized spacial score (nSPS) is 11.4. The molecular weight excluding hydrogens is 514 g/mol. The SMILES string of the molecule is CC(C)CCNc1nc(NCCC(C)C)nc(-c2cn(Cc3nc(-c4ccccc4)c(-c4ccccc4)o3)nn2)n1. The molecule has 5 rings (SSSR count). The second-order valence-electron chi connectivity index (χ2n) is 10.8. The number of benzene rings is 2. The molecule has 212 valence electrons. The average Bonchev–Trinajstić information content (AvgIpc) is 3.61. The molecule has 5 aromatic rings. The topological polar surface area (TPSA) is 119 Å². The van der Waals surface area contributed by atoms with Crippen molar-refractivity contribution in [1.29, 1.82) is 0 Å². The van der Waals surface area contributed by atoms with Gasteiger partial charge in [0.25, 0.3) is 0 Å². The number of nitrogens with one attached hydrogen (secondary N) is 2. The van der Waals surface area contributed by atoms with Crippen LogP contribution in [0, 0.1) is 11.8 Å². The Balaban J connectivity index is 1.39. The zero-order valence-corrected chi connectivity index (χ0v) is 24.1. The van der Waals surface area contributed by atoms with E-state index in [1.807, 2.05) is 60.7 Å². The summed E-state index contributed by atoms with van der Waals surface area (Å²) in [6.45, 7) is 10.6. The summed E-state index contributed by atoms with van der Waals surface area (Å²) in [4.78, 5) is 18.7. The summed E-state index contributed by atoms with van der Waals surface area (Å²) in [7, 11) is 0. The summed E-state index contributed by atoms with van der Waals surface area (Å²) in [5, 5.41) is 15.4. The van der Waals surface area contributed by atoms with E-state index in [1.165, 1.54) is 0 Å². The van der Waals surface area contributed by atoms with Gasteiger partial charge >= 0.3 is 0 Å². The zero-order chi connectivity index (χ0) is 28.6. The van der Waals surface area contributed by atoms with E-state index in [0.29, 0.717) is 47.7 Å². The molecule has 0 aliphatic carbocycles. The molecule has 0 fully saturated rings. The molecule has 10 heteroatoms. The van der Waals surface area contributed by atoms with Gasteiger partial charge in [0, 0.05) is 24.2 Å². The second-order valence-corrected chi connectivity index (χ2v) is 10.8. The van der Waals surface area contributed by atoms with E-state index in [4.69, 9.17) is 9.40 Å². The molecule has 0 amide bonds. The standard InChI is InChI=1S/C31H37N9O/c1-21(2)15-17-32-30-35-29(36-31(37-30)33-18-16-22(3)4)25-19-40(39-38-25)20-26-34-27(23-11-7-5-8-12-23)28(41-26)24-13-9-6-10-14-24/h5-14,19,21-22H,15-18,20H2,1-4H3,(H2,32,33,35,36,37). The van der Waals surface area contributed by atoms with Crippen LogP contribution in [0.4, 0.5) is 11.9 Å². The van der Waals surface area contributed by atoms with Crippen LogP contribution in [0.5, 0.6) is 0 Å². The van der Waals surface area contributed by atoms with Crippen molar-refractivity contribution in [1.82, 2.24) is 34.9 Å². The quantitative estimate of drug-likeness (QED) is 0.171. The monoisotopic (exact) mass is 551 g/mol. The Morgan fingerprint density at radius 3 is 1.90 bits per heavy atom. The molecule has 0 aliphatic heterocycles. The summed E-state index contributed by atoms with van der Waals surface area (Å²) in [5.41, 5.74) is 3.29. The van der Waals surface area contributed by atoms with Gasteiger partial charge in [-0.05, 0) is 24.7 Å². The van der Waals surface area contributed by atoms with Crippen molar-refractivity contribution in [3.8, 4) is 34.1 Å². The lowest BCUT2D eigenvalue weighted by atomic mass is 10.1. The summed E-state index contributed by atoms with van der Waals surface area (Å²) in [6, 6.07) is 20.0. The lowest BCUT2D eigenvalue weighted by Crippen LogP contribution is -2.13. The Morgan fingerprint density at radius 2 is 1.32 bits per heavy atom. The van der Waals surface area contributed by atoms with Crippen molar-refractivity contribution >= 4 is 11.9 Å². The molecule has 41 heavy (non-hydrogen) atoms. The van der Waals surface area contributed by atoms with Gasteiger partial charge in [0.2, 0.25) is 17.8 Å². The van der Waals surface area contributed by atoms with Gasteiger partial charge in [-0.3, -0.25) is 0 Å². The first-order valence-electron chi connectivity index (χ1n) is 14.2. The Morgan fingerprint density at radius 1 is 0.732 bits per heavy atom. The molecule has 2 N–H and O–H groups in total. The van der Waals surface area contributed by atoms with Crippen molar-refractivity contribution in [3.05, 3.63) is 72.8 Å². The number of anilines is 2. The molecule has 3 aromatic heterocycles. The predicted molar refractivity (Wildman–Crippen MR) is 161 cm³/mol. The molecule has 0 aliphatic rings. The van der Waals surface area contributed by atoms with Crippen molar-refractivity contribution in [3.63, 3.8) is 0 Å². The molecule has 10 nitrogen and oxygen atoms in total. The van der Waals surface area contributed by atoms with E-state index in [9.17, 15) is 0 Å². The molecule has 0 radical (unpaired) electrons. The number of oxazole rings is 1. The highest BCUT2D eigenvalue weighted by Gasteiger charge is 2.18. The Bertz CT molecular complexity index is 1440. The molecular formula is C31H37N9O. The Hall–Kier alpha value is -4.60. The van der Waals surface area contributed by atoms with Crippen LogP contribution < -0.4 is 10.6 Å². The number of hydrogen-bond acceptors (Lipinski definition) is 9. The molecule has 0 bridgehead atoms. The fourth-order valence-corrected chi connectivity index (χ4v) is 4.22. The molecule has 0 spiro atoms. The highest BCUT2D eigenvalue weighted by molar-refractivity contribution is 5.76. The maximum Gasteiger partial charge on any atom is 0.228 e. The van der Waals surface area contributed by atoms with Crippen LogP contribution in [0.3, 0.4) is 0 Å². The van der Waals surface area contributed by atoms with Crippen LogP contribution in [0.1, 0.15) is 46.4 Å². The third-order valence-corrected chi connectivity index (χ3v) is 6.46. The fraction of sp³-hybridized carbons (Fsp3) is 0.355. The van der Waals surface area contributed by atoms with Gasteiger partial charge in [0.05, 0.1) is 6.20 Å². The van der Waals surface area contributed by atoms with E-state index >= 15 is 0 Å². The fourth-order valence-electron chi connectivity index (χ4n) is 4.22. The van der Waals surface area contributed by atoms with Gasteiger partial charge in [-0.2, -0.15) is 15.0 Å². The molecule has 0 saturated heterocycles. The first-order chi connectivity index (χ1) is 19.9. The van der Waals surface area contributed by atoms with Crippen LogP contribution in [0.2, 0.25) is 0 Å². The maximum atomic E-state index is 6.28. The minimum Gasteiger partial charge on any atom is -0.438 e. The third kappa shape index (κ3) is 7.53. The number of aromatic nitrogens is 7. The van der Waals surface area contributed by atoms with Crippen molar-refractivity contribution < 1.29 is 4.42 Å². The van der Waals surface area contributed by atoms with Crippen LogP contribution in [-0.2, 0) is 6.54 Å². The van der Waals surface area contributed by atoms with E-state index in [2.05, 4.69) is 63.6 Å². The van der Waals surface area contributed by atoms with Crippen molar-refractivity contribution in [2.75, 3.05) is 23.7 Å². The second kappa shape index (κ2) is 13.2. The minimum absolute atomic E-state index is 0.309. The highest BCUT2D eigenvalue weighted by Crippen LogP contribution is 2.32. The maximum absolute atomic E-state index is 6.28. The Kier molecular flexibility index (Phi) is 8.98. The first-order valence-corrected chi connectivity index (χ1v) is 14.2. The smallest absolute Gasteiger partial charge is 0.228 e. The number of rotatable bonds is 13. The van der Waals surface area contributed by atoms with E-state index in [-0.39, 0.29) is 0 Å². The third-order valence-electron chi connectivity index (χ3n) is 6.46. The predicted octanol–water partition coefficient (Wildman–Crippen LogP) is 6.42. The van der Waals surface area contributed by atoms with Crippen LogP contribution in [-0.4, -0.2) is 48.0 Å². The van der Waals surface area contributed by atoms with E-state index in [1.54, 1.807) is 10.9 Å². The van der Waals surface area contributed by atoms with Gasteiger partial charge < -0.3 is 15.1 Å². The van der Waals surface area contributed by atoms with E-state index < -0.39 is 0 Å². The highest BCUT2D eigenvalue weighted by atomic mass is 16.4. The number of nitrogens with zero attached hydrogens (tertiary/aromatic N) is 7. The molecule has 2 aromatic carbocycles. The summed E-state index contributed by atoms with van der Waals surface area (Å²) >= 11 is 0. The van der Waals surface area contributed by atoms with Gasteiger partial charge in [0.15, 0.2) is 17.3 Å². The van der Waals surface area contributed by atoms with Crippen LogP contribution >= 0.6 is 0 Å². The average molecular weight is 552 g/mol.